The lowest BCUT2D eigenvalue weighted by molar-refractivity contribution is -0.119. The van der Waals surface area contributed by atoms with Crippen molar-refractivity contribution in [3.63, 3.8) is 0 Å². The zero-order chi connectivity index (χ0) is 15.9. The number of hydrazone groups is 1. The SMILES string of the molecule is Cc1ccc(NCC(=O)N/N=C\c2cc(C)ccc2C)cc1. The molecule has 0 spiro atoms. The van der Waals surface area contributed by atoms with E-state index in [1.807, 2.05) is 57.2 Å². The van der Waals surface area contributed by atoms with Gasteiger partial charge in [-0.05, 0) is 44.0 Å². The van der Waals surface area contributed by atoms with Gasteiger partial charge in [-0.15, -0.1) is 0 Å². The number of nitrogens with zero attached hydrogens (tertiary/aromatic N) is 1. The number of rotatable bonds is 5. The first kappa shape index (κ1) is 15.8. The summed E-state index contributed by atoms with van der Waals surface area (Å²) in [4.78, 5) is 11.7. The molecule has 0 unspecified atom stereocenters. The van der Waals surface area contributed by atoms with Gasteiger partial charge in [-0.25, -0.2) is 5.43 Å². The van der Waals surface area contributed by atoms with Crippen molar-refractivity contribution >= 4 is 17.8 Å². The van der Waals surface area contributed by atoms with Crippen LogP contribution in [0.15, 0.2) is 47.6 Å². The molecule has 4 nitrogen and oxygen atoms in total. The van der Waals surface area contributed by atoms with Crippen LogP contribution < -0.4 is 10.7 Å². The zero-order valence-electron chi connectivity index (χ0n) is 13.2. The van der Waals surface area contributed by atoms with Crippen molar-refractivity contribution in [3.05, 3.63) is 64.7 Å². The van der Waals surface area contributed by atoms with E-state index in [2.05, 4.69) is 21.9 Å². The Kier molecular flexibility index (Phi) is 5.31. The highest BCUT2D eigenvalue weighted by molar-refractivity contribution is 5.85. The number of carbonyl (C=O) groups excluding carboxylic acids is 1. The Bertz CT molecular complexity index is 675. The first-order valence-electron chi connectivity index (χ1n) is 7.24. The fourth-order valence-electron chi connectivity index (χ4n) is 1.97. The van der Waals surface area contributed by atoms with Gasteiger partial charge >= 0.3 is 0 Å². The largest absolute Gasteiger partial charge is 0.376 e. The summed E-state index contributed by atoms with van der Waals surface area (Å²) in [5, 5.41) is 7.06. The third-order valence-electron chi connectivity index (χ3n) is 3.33. The molecule has 2 aromatic carbocycles. The van der Waals surface area contributed by atoms with Crippen LogP contribution in [0.1, 0.15) is 22.3 Å². The molecule has 22 heavy (non-hydrogen) atoms. The van der Waals surface area contributed by atoms with E-state index in [0.29, 0.717) is 0 Å². The van der Waals surface area contributed by atoms with Crippen molar-refractivity contribution < 1.29 is 4.79 Å². The molecule has 0 saturated carbocycles. The number of amides is 1. The van der Waals surface area contributed by atoms with Crippen molar-refractivity contribution in [2.45, 2.75) is 20.8 Å². The van der Waals surface area contributed by atoms with E-state index in [4.69, 9.17) is 0 Å². The molecule has 4 heteroatoms. The third-order valence-corrected chi connectivity index (χ3v) is 3.33. The van der Waals surface area contributed by atoms with Crippen molar-refractivity contribution in [1.29, 1.82) is 0 Å². The van der Waals surface area contributed by atoms with E-state index < -0.39 is 0 Å². The van der Waals surface area contributed by atoms with E-state index in [0.717, 1.165) is 16.8 Å². The van der Waals surface area contributed by atoms with Gasteiger partial charge in [-0.3, -0.25) is 4.79 Å². The number of benzene rings is 2. The molecule has 0 aliphatic heterocycles. The summed E-state index contributed by atoms with van der Waals surface area (Å²) in [6.45, 7) is 6.26. The van der Waals surface area contributed by atoms with E-state index in [-0.39, 0.29) is 12.5 Å². The number of aryl methyl sites for hydroxylation is 3. The lowest BCUT2D eigenvalue weighted by atomic mass is 10.1. The monoisotopic (exact) mass is 295 g/mol. The molecule has 0 aliphatic rings. The van der Waals surface area contributed by atoms with Crippen molar-refractivity contribution in [2.75, 3.05) is 11.9 Å². The van der Waals surface area contributed by atoms with Gasteiger partial charge in [0.2, 0.25) is 0 Å². The summed E-state index contributed by atoms with van der Waals surface area (Å²) in [5.41, 5.74) is 7.93. The van der Waals surface area contributed by atoms with Crippen LogP contribution in [0, 0.1) is 20.8 Å². The highest BCUT2D eigenvalue weighted by Gasteiger charge is 2.00. The molecule has 0 fully saturated rings. The van der Waals surface area contributed by atoms with E-state index in [1.165, 1.54) is 11.1 Å². The molecule has 0 atom stereocenters. The van der Waals surface area contributed by atoms with Crippen LogP contribution in [0.3, 0.4) is 0 Å². The summed E-state index contributed by atoms with van der Waals surface area (Å²) in [6, 6.07) is 14.0. The number of hydrogen-bond donors (Lipinski definition) is 2. The Morgan fingerprint density at radius 1 is 1.05 bits per heavy atom. The normalized spacial score (nSPS) is 10.7. The van der Waals surface area contributed by atoms with Crippen LogP contribution in [0.25, 0.3) is 0 Å². The average molecular weight is 295 g/mol. The molecule has 0 saturated heterocycles. The van der Waals surface area contributed by atoms with Gasteiger partial charge in [0.25, 0.3) is 5.91 Å². The maximum atomic E-state index is 11.7. The first-order valence-corrected chi connectivity index (χ1v) is 7.24. The minimum Gasteiger partial charge on any atom is -0.376 e. The zero-order valence-corrected chi connectivity index (χ0v) is 13.2. The first-order chi connectivity index (χ1) is 10.5. The van der Waals surface area contributed by atoms with Gasteiger partial charge in [0.15, 0.2) is 0 Å². The fraction of sp³-hybridized carbons (Fsp3) is 0.222. The third kappa shape index (κ3) is 4.74. The fourth-order valence-corrected chi connectivity index (χ4v) is 1.97. The average Bonchev–Trinajstić information content (AvgIpc) is 2.50. The van der Waals surface area contributed by atoms with Crippen molar-refractivity contribution in [3.8, 4) is 0 Å². The summed E-state index contributed by atoms with van der Waals surface area (Å²) in [5.74, 6) is -0.179. The molecule has 0 aliphatic carbocycles. The Balaban J connectivity index is 1.83. The number of nitrogens with one attached hydrogen (secondary N) is 2. The highest BCUT2D eigenvalue weighted by atomic mass is 16.2. The summed E-state index contributed by atoms with van der Waals surface area (Å²) in [7, 11) is 0. The molecule has 114 valence electrons. The maximum absolute atomic E-state index is 11.7. The lowest BCUT2D eigenvalue weighted by Crippen LogP contribution is -2.25. The molecule has 1 amide bonds. The van der Waals surface area contributed by atoms with Gasteiger partial charge in [0.05, 0.1) is 12.8 Å². The number of hydrogen-bond acceptors (Lipinski definition) is 3. The van der Waals surface area contributed by atoms with Crippen LogP contribution in [-0.4, -0.2) is 18.7 Å². The summed E-state index contributed by atoms with van der Waals surface area (Å²) in [6.07, 6.45) is 1.67. The summed E-state index contributed by atoms with van der Waals surface area (Å²) < 4.78 is 0. The van der Waals surface area contributed by atoms with Crippen LogP contribution in [0.4, 0.5) is 5.69 Å². The van der Waals surface area contributed by atoms with E-state index >= 15 is 0 Å². The topological polar surface area (TPSA) is 53.5 Å². The van der Waals surface area contributed by atoms with Gasteiger partial charge < -0.3 is 5.32 Å². The van der Waals surface area contributed by atoms with Crippen LogP contribution in [0.5, 0.6) is 0 Å². The minimum absolute atomic E-state index is 0.179. The minimum atomic E-state index is -0.179. The Hall–Kier alpha value is -2.62. The predicted molar refractivity (Wildman–Crippen MR) is 91.3 cm³/mol. The Labute approximate surface area is 131 Å². The molecule has 0 aromatic heterocycles. The second-order valence-electron chi connectivity index (χ2n) is 5.37. The standard InChI is InChI=1S/C18H21N3O/c1-13-5-8-17(9-6-13)19-12-18(22)21-20-11-16-10-14(2)4-7-15(16)3/h4-11,19H,12H2,1-3H3,(H,21,22)/b20-11-. The van der Waals surface area contributed by atoms with Crippen LogP contribution >= 0.6 is 0 Å². The second-order valence-corrected chi connectivity index (χ2v) is 5.37. The van der Waals surface area contributed by atoms with Gasteiger partial charge in [0, 0.05) is 5.69 Å². The van der Waals surface area contributed by atoms with Gasteiger partial charge in [-0.1, -0.05) is 41.5 Å². The van der Waals surface area contributed by atoms with Crippen molar-refractivity contribution in [2.24, 2.45) is 5.10 Å². The molecule has 0 radical (unpaired) electrons. The molecule has 2 aromatic rings. The molecule has 0 bridgehead atoms. The highest BCUT2D eigenvalue weighted by Crippen LogP contribution is 2.08. The van der Waals surface area contributed by atoms with E-state index in [1.54, 1.807) is 6.21 Å². The predicted octanol–water partition coefficient (Wildman–Crippen LogP) is 3.17. The van der Waals surface area contributed by atoms with E-state index in [9.17, 15) is 4.79 Å². The maximum Gasteiger partial charge on any atom is 0.259 e. The molecular formula is C18H21N3O. The smallest absolute Gasteiger partial charge is 0.259 e. The Morgan fingerprint density at radius 2 is 1.73 bits per heavy atom. The van der Waals surface area contributed by atoms with Crippen molar-refractivity contribution in [1.82, 2.24) is 5.43 Å². The number of carbonyl (C=O) groups is 1. The van der Waals surface area contributed by atoms with Crippen LogP contribution in [0.2, 0.25) is 0 Å². The van der Waals surface area contributed by atoms with Gasteiger partial charge in [-0.2, -0.15) is 5.10 Å². The Morgan fingerprint density at radius 3 is 2.45 bits per heavy atom. The number of anilines is 1. The molecule has 2 rings (SSSR count). The second kappa shape index (κ2) is 7.41. The lowest BCUT2D eigenvalue weighted by Gasteiger charge is -2.05. The molecular weight excluding hydrogens is 274 g/mol. The molecule has 2 N–H and O–H groups in total. The molecule has 0 heterocycles. The van der Waals surface area contributed by atoms with Gasteiger partial charge in [0.1, 0.15) is 0 Å². The van der Waals surface area contributed by atoms with Crippen LogP contribution in [-0.2, 0) is 4.79 Å². The quantitative estimate of drug-likeness (QED) is 0.657. The summed E-state index contributed by atoms with van der Waals surface area (Å²) >= 11 is 0.